The molecule has 0 nitrogen and oxygen atoms in total. The summed E-state index contributed by atoms with van der Waals surface area (Å²) in [6.45, 7) is 3.51. The largest absolute Gasteiger partial charge is 1.00 e. The van der Waals surface area contributed by atoms with E-state index in [9.17, 15) is 0 Å². The summed E-state index contributed by atoms with van der Waals surface area (Å²) >= 11 is 0. The summed E-state index contributed by atoms with van der Waals surface area (Å²) in [5.41, 5.74) is 1.05. The van der Waals surface area contributed by atoms with Crippen LogP contribution in [0.1, 0.15) is 5.56 Å². The van der Waals surface area contributed by atoms with Gasteiger partial charge in [-0.05, 0) is 0 Å². The normalized spacial score (nSPS) is 7.56. The summed E-state index contributed by atoms with van der Waals surface area (Å²) in [4.78, 5) is 0. The van der Waals surface area contributed by atoms with Gasteiger partial charge in [-0.25, -0.2) is 0 Å². The van der Waals surface area contributed by atoms with Crippen molar-refractivity contribution in [2.75, 3.05) is 0 Å². The Bertz CT molecular complexity index is 167. The van der Waals surface area contributed by atoms with Crippen molar-refractivity contribution < 1.29 is 17.1 Å². The zero-order valence-corrected chi connectivity index (χ0v) is 5.84. The van der Waals surface area contributed by atoms with E-state index in [1.807, 2.05) is 30.3 Å². The van der Waals surface area contributed by atoms with Gasteiger partial charge in [0, 0.05) is 0 Å². The van der Waals surface area contributed by atoms with Crippen molar-refractivity contribution in [2.45, 2.75) is 0 Å². The molecule has 0 saturated carbocycles. The Labute approximate surface area is 66.1 Å². The maximum atomic E-state index is 3.51. The molecule has 0 radical (unpaired) electrons. The molecule has 1 aromatic rings. The molecule has 1 aromatic carbocycles. The van der Waals surface area contributed by atoms with E-state index in [2.05, 4.69) is 12.7 Å². The molecule has 0 aromatic heterocycles. The molecule has 0 aliphatic rings. The van der Waals surface area contributed by atoms with Gasteiger partial charge in [-0.15, -0.1) is 12.1 Å². The van der Waals surface area contributed by atoms with Crippen LogP contribution in [0.4, 0.5) is 0 Å². The van der Waals surface area contributed by atoms with Crippen LogP contribution in [0.5, 0.6) is 0 Å². The van der Waals surface area contributed by atoms with E-state index in [0.29, 0.717) is 0 Å². The second kappa shape index (κ2) is 4.37. The fourth-order valence-corrected chi connectivity index (χ4v) is 0.556. The molecule has 0 aliphatic carbocycles. The summed E-state index contributed by atoms with van der Waals surface area (Å²) in [6, 6.07) is 9.84. The maximum Gasteiger partial charge on any atom is 1.00 e. The molecule has 0 bridgehead atoms. The molecule has 9 heavy (non-hydrogen) atoms. The predicted octanol–water partition coefficient (Wildman–Crippen LogP) is 2.02. The molecule has 50 valence electrons. The minimum atomic E-state index is 0. The molecule has 0 heterocycles. The first kappa shape index (κ1) is 8.48. The number of rotatable bonds is 1. The molecule has 0 fully saturated rings. The average molecular weight is 167 g/mol. The predicted molar refractivity (Wildman–Crippen MR) is 34.4 cm³/mol. The summed E-state index contributed by atoms with van der Waals surface area (Å²) in [5.74, 6) is 0. The Morgan fingerprint density at radius 2 is 1.67 bits per heavy atom. The summed E-state index contributed by atoms with van der Waals surface area (Å²) in [7, 11) is 0. The number of hydrogen-bond acceptors (Lipinski definition) is 0. The Kier molecular flexibility index (Phi) is 4.11. The molecule has 1 heteroatoms. The molecule has 0 N–H and O–H groups in total. The van der Waals surface area contributed by atoms with Crippen LogP contribution in [0.2, 0.25) is 0 Å². The average Bonchev–Trinajstić information content (AvgIpc) is 1.90. The molecule has 0 unspecified atom stereocenters. The van der Waals surface area contributed by atoms with Crippen molar-refractivity contribution >= 4 is 0 Å². The van der Waals surface area contributed by atoms with E-state index in [1.54, 1.807) is 0 Å². The topological polar surface area (TPSA) is 0 Å². The van der Waals surface area contributed by atoms with Gasteiger partial charge in [0.15, 0.2) is 0 Å². The van der Waals surface area contributed by atoms with Crippen molar-refractivity contribution in [1.82, 2.24) is 0 Å². The minimum absolute atomic E-state index is 0. The van der Waals surface area contributed by atoms with E-state index < -0.39 is 0 Å². The van der Waals surface area contributed by atoms with Crippen LogP contribution in [-0.4, -0.2) is 0 Å². The quantitative estimate of drug-likeness (QED) is 0.443. The van der Waals surface area contributed by atoms with E-state index in [0.717, 1.165) is 5.56 Å². The molecule has 0 amide bonds. The smallest absolute Gasteiger partial charge is 0.193 e. The fourth-order valence-electron chi connectivity index (χ4n) is 0.556. The third kappa shape index (κ3) is 2.50. The zero-order chi connectivity index (χ0) is 5.82. The van der Waals surface area contributed by atoms with Gasteiger partial charge in [0.25, 0.3) is 0 Å². The molecule has 0 aliphatic heterocycles. The van der Waals surface area contributed by atoms with Gasteiger partial charge < -0.3 is 0 Å². The van der Waals surface area contributed by atoms with E-state index in [1.165, 1.54) is 0 Å². The van der Waals surface area contributed by atoms with Crippen LogP contribution in [-0.2, 0) is 17.1 Å². The number of hydrogen-bond donors (Lipinski definition) is 0. The van der Waals surface area contributed by atoms with Crippen molar-refractivity contribution in [3.05, 3.63) is 48.6 Å². The first-order chi connectivity index (χ1) is 3.93. The molecular weight excluding hydrogens is 160 g/mol. The summed E-state index contributed by atoms with van der Waals surface area (Å²) in [6.07, 6.45) is 2.78. The van der Waals surface area contributed by atoms with Crippen LogP contribution < -0.4 is 0 Å². The first-order valence-electron chi connectivity index (χ1n) is 2.51. The van der Waals surface area contributed by atoms with E-state index in [-0.39, 0.29) is 17.1 Å². The van der Waals surface area contributed by atoms with Crippen LogP contribution in [0.15, 0.2) is 36.9 Å². The molecule has 0 saturated heterocycles. The van der Waals surface area contributed by atoms with Gasteiger partial charge in [-0.1, -0.05) is 6.07 Å². The number of benzene rings is 1. The monoisotopic (exact) mass is 166 g/mol. The van der Waals surface area contributed by atoms with Gasteiger partial charge in [0.1, 0.15) is 0 Å². The Morgan fingerprint density at radius 3 is 2.00 bits per heavy atom. The molecule has 0 atom stereocenters. The van der Waals surface area contributed by atoms with Gasteiger partial charge in [-0.2, -0.15) is 30.4 Å². The minimum Gasteiger partial charge on any atom is -0.193 e. The SMILES string of the molecule is C=[C-]c1ccccc1.[Cu+]. The Hall–Kier alpha value is -0.521. The summed E-state index contributed by atoms with van der Waals surface area (Å²) in [5, 5.41) is 0. The van der Waals surface area contributed by atoms with Crippen LogP contribution in [0, 0.1) is 6.08 Å². The van der Waals surface area contributed by atoms with Crippen molar-refractivity contribution in [3.63, 3.8) is 0 Å². The zero-order valence-electron chi connectivity index (χ0n) is 4.90. The van der Waals surface area contributed by atoms with Crippen LogP contribution in [0.3, 0.4) is 0 Å². The molecule has 0 spiro atoms. The third-order valence-corrected chi connectivity index (χ3v) is 0.978. The third-order valence-electron chi connectivity index (χ3n) is 0.978. The second-order valence-electron chi connectivity index (χ2n) is 1.54. The van der Waals surface area contributed by atoms with Gasteiger partial charge in [0.2, 0.25) is 0 Å². The van der Waals surface area contributed by atoms with Gasteiger partial charge >= 0.3 is 17.1 Å². The van der Waals surface area contributed by atoms with Crippen LogP contribution in [0.25, 0.3) is 0 Å². The van der Waals surface area contributed by atoms with E-state index >= 15 is 0 Å². The van der Waals surface area contributed by atoms with Crippen molar-refractivity contribution in [1.29, 1.82) is 0 Å². The van der Waals surface area contributed by atoms with Crippen LogP contribution >= 0.6 is 0 Å². The molecule has 1 rings (SSSR count). The summed E-state index contributed by atoms with van der Waals surface area (Å²) < 4.78 is 0. The Balaban J connectivity index is 0.000000640. The maximum absolute atomic E-state index is 3.51. The molecular formula is C8H7Cu. The standard InChI is InChI=1S/C8H7.Cu/c1-2-8-6-4-3-5-7-8;/h3-7H,1H2;/q-1;+1. The first-order valence-corrected chi connectivity index (χ1v) is 2.51. The van der Waals surface area contributed by atoms with Crippen molar-refractivity contribution in [3.8, 4) is 0 Å². The second-order valence-corrected chi connectivity index (χ2v) is 1.54. The van der Waals surface area contributed by atoms with Gasteiger partial charge in [0.05, 0.1) is 0 Å². The fraction of sp³-hybridized carbons (Fsp3) is 0. The van der Waals surface area contributed by atoms with Crippen molar-refractivity contribution in [2.24, 2.45) is 0 Å². The Morgan fingerprint density at radius 1 is 1.11 bits per heavy atom. The van der Waals surface area contributed by atoms with E-state index in [4.69, 9.17) is 0 Å². The van der Waals surface area contributed by atoms with Gasteiger partial charge in [-0.3, -0.25) is 0 Å².